The highest BCUT2D eigenvalue weighted by molar-refractivity contribution is 5.87. The van der Waals surface area contributed by atoms with E-state index < -0.39 is 5.97 Å². The van der Waals surface area contributed by atoms with Gasteiger partial charge >= 0.3 is 12.0 Å². The SMILES string of the molecule is O=C(O)CCCCCCCN1C(=O)NCC1c1cccc2ccccc12. The van der Waals surface area contributed by atoms with E-state index in [2.05, 4.69) is 35.6 Å². The maximum absolute atomic E-state index is 12.3. The van der Waals surface area contributed by atoms with Gasteiger partial charge in [0.25, 0.3) is 0 Å². The Labute approximate surface area is 154 Å². The van der Waals surface area contributed by atoms with Crippen molar-refractivity contribution in [2.24, 2.45) is 0 Å². The first-order chi connectivity index (χ1) is 12.7. The Bertz CT molecular complexity index is 769. The van der Waals surface area contributed by atoms with Crippen LogP contribution in [0.15, 0.2) is 42.5 Å². The number of carboxylic acid groups (broad SMARTS) is 1. The summed E-state index contributed by atoms with van der Waals surface area (Å²) in [6, 6.07) is 14.6. The van der Waals surface area contributed by atoms with Crippen molar-refractivity contribution < 1.29 is 14.7 Å². The predicted octanol–water partition coefficient (Wildman–Crippen LogP) is 4.33. The summed E-state index contributed by atoms with van der Waals surface area (Å²) >= 11 is 0. The molecule has 26 heavy (non-hydrogen) atoms. The van der Waals surface area contributed by atoms with E-state index in [4.69, 9.17) is 5.11 Å². The van der Waals surface area contributed by atoms with Crippen LogP contribution in [0, 0.1) is 0 Å². The zero-order valence-corrected chi connectivity index (χ0v) is 15.0. The molecule has 1 atom stereocenters. The summed E-state index contributed by atoms with van der Waals surface area (Å²) in [6.07, 6.45) is 4.90. The third kappa shape index (κ3) is 4.34. The first-order valence-corrected chi connectivity index (χ1v) is 9.41. The Balaban J connectivity index is 1.58. The maximum atomic E-state index is 12.3. The van der Waals surface area contributed by atoms with Crippen molar-refractivity contribution in [2.45, 2.75) is 44.6 Å². The number of aliphatic carboxylic acids is 1. The van der Waals surface area contributed by atoms with Crippen molar-refractivity contribution in [3.05, 3.63) is 48.0 Å². The molecule has 1 heterocycles. The fraction of sp³-hybridized carbons (Fsp3) is 0.429. The van der Waals surface area contributed by atoms with Crippen LogP contribution in [0.5, 0.6) is 0 Å². The lowest BCUT2D eigenvalue weighted by Gasteiger charge is -2.24. The normalized spacial score (nSPS) is 16.8. The van der Waals surface area contributed by atoms with Crippen molar-refractivity contribution in [3.8, 4) is 0 Å². The fourth-order valence-corrected chi connectivity index (χ4v) is 3.70. The highest BCUT2D eigenvalue weighted by Gasteiger charge is 2.32. The highest BCUT2D eigenvalue weighted by Crippen LogP contribution is 2.31. The molecule has 1 saturated heterocycles. The minimum Gasteiger partial charge on any atom is -0.481 e. The largest absolute Gasteiger partial charge is 0.481 e. The predicted molar refractivity (Wildman–Crippen MR) is 102 cm³/mol. The first kappa shape index (κ1) is 18.2. The molecule has 2 amide bonds. The molecule has 0 aliphatic carbocycles. The molecule has 1 aliphatic heterocycles. The number of hydrogen-bond acceptors (Lipinski definition) is 2. The van der Waals surface area contributed by atoms with Gasteiger partial charge in [-0.15, -0.1) is 0 Å². The second kappa shape index (κ2) is 8.70. The number of benzene rings is 2. The van der Waals surface area contributed by atoms with E-state index in [0.29, 0.717) is 6.54 Å². The van der Waals surface area contributed by atoms with Crippen LogP contribution in [0.25, 0.3) is 10.8 Å². The molecule has 5 heteroatoms. The number of rotatable bonds is 9. The van der Waals surface area contributed by atoms with E-state index in [1.165, 1.54) is 16.3 Å². The molecule has 138 valence electrons. The summed E-state index contributed by atoms with van der Waals surface area (Å²) in [7, 11) is 0. The molecule has 2 N–H and O–H groups in total. The van der Waals surface area contributed by atoms with E-state index in [9.17, 15) is 9.59 Å². The summed E-state index contributed by atoms with van der Waals surface area (Å²) < 4.78 is 0. The van der Waals surface area contributed by atoms with Crippen molar-refractivity contribution in [3.63, 3.8) is 0 Å². The van der Waals surface area contributed by atoms with Gasteiger partial charge in [0.15, 0.2) is 0 Å². The van der Waals surface area contributed by atoms with Gasteiger partial charge in [-0.25, -0.2) is 4.79 Å². The molecular weight excluding hydrogens is 328 g/mol. The molecule has 0 spiro atoms. The number of amides is 2. The first-order valence-electron chi connectivity index (χ1n) is 9.41. The summed E-state index contributed by atoms with van der Waals surface area (Å²) in [5.74, 6) is -0.725. The van der Waals surface area contributed by atoms with E-state index >= 15 is 0 Å². The van der Waals surface area contributed by atoms with Gasteiger partial charge in [0.2, 0.25) is 0 Å². The van der Waals surface area contributed by atoms with Gasteiger partial charge in [0, 0.05) is 19.5 Å². The van der Waals surface area contributed by atoms with Gasteiger partial charge in [0.1, 0.15) is 0 Å². The second-order valence-corrected chi connectivity index (χ2v) is 6.88. The van der Waals surface area contributed by atoms with Crippen LogP contribution < -0.4 is 5.32 Å². The highest BCUT2D eigenvalue weighted by atomic mass is 16.4. The van der Waals surface area contributed by atoms with Crippen LogP contribution in [0.3, 0.4) is 0 Å². The molecule has 3 rings (SSSR count). The molecule has 1 fully saturated rings. The topological polar surface area (TPSA) is 69.6 Å². The smallest absolute Gasteiger partial charge is 0.318 e. The van der Waals surface area contributed by atoms with Crippen LogP contribution in [-0.2, 0) is 4.79 Å². The van der Waals surface area contributed by atoms with Crippen molar-refractivity contribution in [1.29, 1.82) is 0 Å². The van der Waals surface area contributed by atoms with Crippen LogP contribution in [0.2, 0.25) is 0 Å². The Morgan fingerprint density at radius 1 is 1.04 bits per heavy atom. The second-order valence-electron chi connectivity index (χ2n) is 6.88. The standard InChI is InChI=1S/C21H26N2O3/c24-20(25)13-4-2-1-3-7-14-23-19(15-22-21(23)26)18-12-8-10-16-9-5-6-11-17(16)18/h5-6,8-12,19H,1-4,7,13-15H2,(H,22,26)(H,24,25). The Kier molecular flexibility index (Phi) is 6.10. The summed E-state index contributed by atoms with van der Waals surface area (Å²) in [4.78, 5) is 24.7. The summed E-state index contributed by atoms with van der Waals surface area (Å²) in [5.41, 5.74) is 1.20. The van der Waals surface area contributed by atoms with Crippen LogP contribution >= 0.6 is 0 Å². The monoisotopic (exact) mass is 354 g/mol. The number of carbonyl (C=O) groups is 2. The van der Waals surface area contributed by atoms with Crippen molar-refractivity contribution in [1.82, 2.24) is 10.2 Å². The maximum Gasteiger partial charge on any atom is 0.318 e. The van der Waals surface area contributed by atoms with E-state index in [1.54, 1.807) is 0 Å². The summed E-state index contributed by atoms with van der Waals surface area (Å²) in [6.45, 7) is 1.38. The molecule has 5 nitrogen and oxygen atoms in total. The van der Waals surface area contributed by atoms with Gasteiger partial charge < -0.3 is 15.3 Å². The number of carbonyl (C=O) groups excluding carboxylic acids is 1. The third-order valence-electron chi connectivity index (χ3n) is 5.06. The molecule has 2 aromatic carbocycles. The Morgan fingerprint density at radius 2 is 1.77 bits per heavy atom. The number of unbranched alkanes of at least 4 members (excludes halogenated alkanes) is 4. The molecule has 0 bridgehead atoms. The van der Waals surface area contributed by atoms with Crippen LogP contribution in [0.1, 0.15) is 50.1 Å². The number of carboxylic acids is 1. The molecular formula is C21H26N2O3. The molecule has 1 aliphatic rings. The summed E-state index contributed by atoms with van der Waals surface area (Å²) in [5, 5.41) is 14.0. The number of nitrogens with zero attached hydrogens (tertiary/aromatic N) is 1. The minimum atomic E-state index is -0.725. The van der Waals surface area contributed by atoms with Gasteiger partial charge in [-0.1, -0.05) is 61.7 Å². The molecule has 1 unspecified atom stereocenters. The number of hydrogen-bond donors (Lipinski definition) is 2. The van der Waals surface area contributed by atoms with E-state index in [-0.39, 0.29) is 18.5 Å². The van der Waals surface area contributed by atoms with E-state index in [1.807, 2.05) is 17.0 Å². The lowest BCUT2D eigenvalue weighted by molar-refractivity contribution is -0.137. The number of nitrogens with one attached hydrogen (secondary N) is 1. The van der Waals surface area contributed by atoms with Gasteiger partial charge in [0.05, 0.1) is 6.04 Å². The van der Waals surface area contributed by atoms with Crippen LogP contribution in [0.4, 0.5) is 4.79 Å². The fourth-order valence-electron chi connectivity index (χ4n) is 3.70. The Hall–Kier alpha value is -2.56. The minimum absolute atomic E-state index is 0.00816. The zero-order chi connectivity index (χ0) is 18.4. The quantitative estimate of drug-likeness (QED) is 0.659. The van der Waals surface area contributed by atoms with Crippen LogP contribution in [-0.4, -0.2) is 35.1 Å². The average Bonchev–Trinajstić information content (AvgIpc) is 3.00. The van der Waals surface area contributed by atoms with Crippen molar-refractivity contribution in [2.75, 3.05) is 13.1 Å². The molecule has 0 aromatic heterocycles. The van der Waals surface area contributed by atoms with Crippen molar-refractivity contribution >= 4 is 22.8 Å². The number of urea groups is 1. The molecule has 0 radical (unpaired) electrons. The third-order valence-corrected chi connectivity index (χ3v) is 5.06. The Morgan fingerprint density at radius 3 is 2.62 bits per heavy atom. The molecule has 2 aromatic rings. The average molecular weight is 354 g/mol. The van der Waals surface area contributed by atoms with Gasteiger partial charge in [-0.05, 0) is 29.2 Å². The van der Waals surface area contributed by atoms with Gasteiger partial charge in [-0.2, -0.15) is 0 Å². The lowest BCUT2D eigenvalue weighted by atomic mass is 9.98. The number of fused-ring (bicyclic) bond motifs is 1. The van der Waals surface area contributed by atoms with Gasteiger partial charge in [-0.3, -0.25) is 4.79 Å². The lowest BCUT2D eigenvalue weighted by Crippen LogP contribution is -2.30. The molecule has 0 saturated carbocycles. The zero-order valence-electron chi connectivity index (χ0n) is 15.0. The van der Waals surface area contributed by atoms with E-state index in [0.717, 1.165) is 38.6 Å².